The number of nitrogens with one attached hydrogen (secondary N) is 1. The number of benzene rings is 2. The molecule has 10 heteroatoms. The molecule has 0 saturated carbocycles. The molecule has 3 aromatic rings. The highest BCUT2D eigenvalue weighted by Crippen LogP contribution is 2.29. The number of anilines is 1. The van der Waals surface area contributed by atoms with E-state index in [2.05, 4.69) is 9.71 Å². The third-order valence-corrected chi connectivity index (χ3v) is 5.94. The fourth-order valence-electron chi connectivity index (χ4n) is 2.80. The number of pyridine rings is 1. The van der Waals surface area contributed by atoms with E-state index in [0.717, 1.165) is 0 Å². The molecule has 0 saturated heterocycles. The number of sulfonamides is 1. The van der Waals surface area contributed by atoms with E-state index in [1.807, 2.05) is 6.07 Å². The van der Waals surface area contributed by atoms with Gasteiger partial charge in [0.05, 0.1) is 16.1 Å². The van der Waals surface area contributed by atoms with E-state index in [1.165, 1.54) is 41.3 Å². The number of hydrogen-bond donors (Lipinski definition) is 1. The van der Waals surface area contributed by atoms with Gasteiger partial charge >= 0.3 is 0 Å². The van der Waals surface area contributed by atoms with Crippen molar-refractivity contribution >= 4 is 33.2 Å². The molecule has 1 aromatic heterocycles. The number of hydrogen-bond acceptors (Lipinski definition) is 6. The van der Waals surface area contributed by atoms with Gasteiger partial charge in [0.2, 0.25) is 5.88 Å². The topological polar surface area (TPSA) is 112 Å². The van der Waals surface area contributed by atoms with Gasteiger partial charge in [-0.15, -0.1) is 0 Å². The molecule has 1 amide bonds. The maximum absolute atomic E-state index is 12.6. The summed E-state index contributed by atoms with van der Waals surface area (Å²) in [4.78, 5) is 18.1. The van der Waals surface area contributed by atoms with Crippen LogP contribution in [0.2, 0.25) is 5.02 Å². The average molecular weight is 471 g/mol. The van der Waals surface area contributed by atoms with Crippen LogP contribution in [0.15, 0.2) is 59.5 Å². The van der Waals surface area contributed by atoms with Crippen molar-refractivity contribution in [3.63, 3.8) is 0 Å². The van der Waals surface area contributed by atoms with Crippen LogP contribution in [0.3, 0.4) is 0 Å². The number of amides is 1. The summed E-state index contributed by atoms with van der Waals surface area (Å²) in [6.45, 7) is 1.68. The van der Waals surface area contributed by atoms with Crippen LogP contribution in [0.5, 0.6) is 11.6 Å². The Morgan fingerprint density at radius 3 is 2.47 bits per heavy atom. The van der Waals surface area contributed by atoms with E-state index in [4.69, 9.17) is 16.3 Å². The zero-order chi connectivity index (χ0) is 23.5. The Kier molecular flexibility index (Phi) is 6.67. The number of aromatic nitrogens is 1. The SMILES string of the molecule is Cc1cc(C(=O)N(C)C)c(C#N)c(Oc2cccc(NS(=O)(=O)c3ccc(Cl)cc3)c2)n1. The largest absolute Gasteiger partial charge is 0.438 e. The standard InChI is InChI=1S/C22H19ClN4O4S/c1-14-11-19(22(28)27(2)3)20(13-24)21(25-14)31-17-6-4-5-16(12-17)26-32(29,30)18-9-7-15(23)8-10-18/h4-12,26H,1-3H3. The predicted molar refractivity (Wildman–Crippen MR) is 120 cm³/mol. The number of carbonyl (C=O) groups is 1. The van der Waals surface area contributed by atoms with Crippen LogP contribution in [0.25, 0.3) is 0 Å². The Labute approximate surface area is 191 Å². The third-order valence-electron chi connectivity index (χ3n) is 4.29. The molecule has 0 atom stereocenters. The number of nitrogens with zero attached hydrogens (tertiary/aromatic N) is 3. The van der Waals surface area contributed by atoms with Gasteiger partial charge in [-0.3, -0.25) is 9.52 Å². The summed E-state index contributed by atoms with van der Waals surface area (Å²) in [5.41, 5.74) is 0.887. The zero-order valence-electron chi connectivity index (χ0n) is 17.5. The Hall–Kier alpha value is -3.61. The second-order valence-electron chi connectivity index (χ2n) is 6.99. The first-order valence-electron chi connectivity index (χ1n) is 9.30. The summed E-state index contributed by atoms with van der Waals surface area (Å²) < 4.78 is 33.5. The molecular formula is C22H19ClN4O4S. The van der Waals surface area contributed by atoms with Crippen LogP contribution in [-0.4, -0.2) is 38.3 Å². The highest BCUT2D eigenvalue weighted by atomic mass is 35.5. The molecule has 3 rings (SSSR count). The zero-order valence-corrected chi connectivity index (χ0v) is 19.0. The first kappa shape index (κ1) is 23.1. The second-order valence-corrected chi connectivity index (χ2v) is 9.11. The van der Waals surface area contributed by atoms with Crippen LogP contribution in [0.1, 0.15) is 21.6 Å². The Morgan fingerprint density at radius 2 is 1.84 bits per heavy atom. The number of halogens is 1. The predicted octanol–water partition coefficient (Wildman–Crippen LogP) is 4.21. The summed E-state index contributed by atoms with van der Waals surface area (Å²) in [5, 5.41) is 10.0. The molecule has 0 radical (unpaired) electrons. The lowest BCUT2D eigenvalue weighted by molar-refractivity contribution is 0.0826. The minimum absolute atomic E-state index is 0.0125. The monoisotopic (exact) mass is 470 g/mol. The molecule has 8 nitrogen and oxygen atoms in total. The van der Waals surface area contributed by atoms with Crippen molar-refractivity contribution < 1.29 is 17.9 Å². The van der Waals surface area contributed by atoms with E-state index in [-0.39, 0.29) is 39.2 Å². The molecule has 0 aliphatic carbocycles. The van der Waals surface area contributed by atoms with Crippen molar-refractivity contribution in [1.82, 2.24) is 9.88 Å². The minimum atomic E-state index is -3.85. The van der Waals surface area contributed by atoms with Gasteiger partial charge in [-0.1, -0.05) is 17.7 Å². The number of carbonyl (C=O) groups excluding carboxylic acids is 1. The van der Waals surface area contributed by atoms with E-state index in [1.54, 1.807) is 39.2 Å². The van der Waals surface area contributed by atoms with Crippen LogP contribution in [0, 0.1) is 18.3 Å². The molecule has 2 aromatic carbocycles. The van der Waals surface area contributed by atoms with Crippen molar-refractivity contribution in [2.45, 2.75) is 11.8 Å². The average Bonchev–Trinajstić information content (AvgIpc) is 2.73. The molecular weight excluding hydrogens is 452 g/mol. The lowest BCUT2D eigenvalue weighted by atomic mass is 10.1. The third kappa shape index (κ3) is 5.17. The normalized spacial score (nSPS) is 10.8. The van der Waals surface area contributed by atoms with Gasteiger partial charge in [0, 0.05) is 30.9 Å². The fraction of sp³-hybridized carbons (Fsp3) is 0.136. The van der Waals surface area contributed by atoms with Crippen molar-refractivity contribution in [3.8, 4) is 17.7 Å². The summed E-state index contributed by atoms with van der Waals surface area (Å²) in [5.74, 6) is -0.170. The van der Waals surface area contributed by atoms with E-state index in [0.29, 0.717) is 10.7 Å². The number of ether oxygens (including phenoxy) is 1. The number of rotatable bonds is 6. The van der Waals surface area contributed by atoms with Gasteiger partial charge in [-0.05, 0) is 49.4 Å². The molecule has 32 heavy (non-hydrogen) atoms. The second kappa shape index (κ2) is 9.26. The van der Waals surface area contributed by atoms with Crippen LogP contribution in [-0.2, 0) is 10.0 Å². The summed E-state index contributed by atoms with van der Waals surface area (Å²) in [6.07, 6.45) is 0. The quantitative estimate of drug-likeness (QED) is 0.577. The van der Waals surface area contributed by atoms with Crippen LogP contribution >= 0.6 is 11.6 Å². The summed E-state index contributed by atoms with van der Waals surface area (Å²) in [7, 11) is -0.690. The van der Waals surface area contributed by atoms with Crippen molar-refractivity contribution in [1.29, 1.82) is 5.26 Å². The van der Waals surface area contributed by atoms with E-state index < -0.39 is 10.0 Å². The molecule has 164 valence electrons. The number of nitriles is 1. The van der Waals surface area contributed by atoms with Gasteiger partial charge in [0.1, 0.15) is 17.4 Å². The first-order chi connectivity index (χ1) is 15.1. The lowest BCUT2D eigenvalue weighted by Gasteiger charge is -2.15. The van der Waals surface area contributed by atoms with E-state index in [9.17, 15) is 18.5 Å². The van der Waals surface area contributed by atoms with Crippen molar-refractivity contribution in [2.24, 2.45) is 0 Å². The molecule has 0 aliphatic rings. The Bertz CT molecular complexity index is 1320. The minimum Gasteiger partial charge on any atom is -0.438 e. The molecule has 1 heterocycles. The van der Waals surface area contributed by atoms with Gasteiger partial charge in [-0.2, -0.15) is 5.26 Å². The van der Waals surface area contributed by atoms with Gasteiger partial charge in [0.25, 0.3) is 15.9 Å². The summed E-state index contributed by atoms with van der Waals surface area (Å²) in [6, 6.07) is 15.4. The Morgan fingerprint density at radius 1 is 1.16 bits per heavy atom. The van der Waals surface area contributed by atoms with Gasteiger partial charge in [-0.25, -0.2) is 13.4 Å². The molecule has 0 bridgehead atoms. The van der Waals surface area contributed by atoms with Crippen molar-refractivity contribution in [3.05, 3.63) is 76.4 Å². The molecule has 0 spiro atoms. The maximum Gasteiger partial charge on any atom is 0.261 e. The molecule has 0 unspecified atom stereocenters. The van der Waals surface area contributed by atoms with Crippen LogP contribution < -0.4 is 9.46 Å². The highest BCUT2D eigenvalue weighted by Gasteiger charge is 2.21. The first-order valence-corrected chi connectivity index (χ1v) is 11.2. The van der Waals surface area contributed by atoms with Crippen LogP contribution in [0.4, 0.5) is 5.69 Å². The molecule has 0 aliphatic heterocycles. The fourth-order valence-corrected chi connectivity index (χ4v) is 3.97. The van der Waals surface area contributed by atoms with E-state index >= 15 is 0 Å². The van der Waals surface area contributed by atoms with Gasteiger partial charge < -0.3 is 9.64 Å². The number of aryl methyl sites for hydroxylation is 1. The Balaban J connectivity index is 1.92. The maximum atomic E-state index is 12.6. The smallest absolute Gasteiger partial charge is 0.261 e. The molecule has 0 fully saturated rings. The van der Waals surface area contributed by atoms with Crippen molar-refractivity contribution in [2.75, 3.05) is 18.8 Å². The molecule has 1 N–H and O–H groups in total. The lowest BCUT2D eigenvalue weighted by Crippen LogP contribution is -2.23. The summed E-state index contributed by atoms with van der Waals surface area (Å²) >= 11 is 5.82. The van der Waals surface area contributed by atoms with Gasteiger partial charge in [0.15, 0.2) is 0 Å². The highest BCUT2D eigenvalue weighted by molar-refractivity contribution is 7.92.